The number of piperidine rings is 1. The summed E-state index contributed by atoms with van der Waals surface area (Å²) in [5.41, 5.74) is 0.650. The molecule has 2 N–H and O–H groups in total. The SMILES string of the molecule is CCCc1nnsc1C(=O)NC1CCC(=O)NC1=O. The summed E-state index contributed by atoms with van der Waals surface area (Å²) in [5, 5.41) is 8.72. The summed E-state index contributed by atoms with van der Waals surface area (Å²) in [6.07, 6.45) is 2.10. The first kappa shape index (κ1) is 13.6. The number of rotatable bonds is 4. The molecule has 1 unspecified atom stereocenters. The van der Waals surface area contributed by atoms with Gasteiger partial charge in [0.05, 0.1) is 5.69 Å². The topological polar surface area (TPSA) is 101 Å². The molecule has 1 saturated heterocycles. The normalized spacial score (nSPS) is 19.1. The van der Waals surface area contributed by atoms with Gasteiger partial charge in [0.15, 0.2) is 0 Å². The highest BCUT2D eigenvalue weighted by atomic mass is 32.1. The van der Waals surface area contributed by atoms with Gasteiger partial charge < -0.3 is 5.32 Å². The summed E-state index contributed by atoms with van der Waals surface area (Å²) < 4.78 is 3.76. The van der Waals surface area contributed by atoms with Crippen molar-refractivity contribution in [2.75, 3.05) is 0 Å². The van der Waals surface area contributed by atoms with Crippen LogP contribution < -0.4 is 10.6 Å². The van der Waals surface area contributed by atoms with E-state index in [-0.39, 0.29) is 18.2 Å². The third kappa shape index (κ3) is 3.14. The van der Waals surface area contributed by atoms with Gasteiger partial charge in [-0.1, -0.05) is 17.8 Å². The highest BCUT2D eigenvalue weighted by Crippen LogP contribution is 2.13. The Labute approximate surface area is 113 Å². The Bertz CT molecular complexity index is 514. The number of hydrogen-bond donors (Lipinski definition) is 2. The van der Waals surface area contributed by atoms with Gasteiger partial charge in [0.1, 0.15) is 10.9 Å². The fourth-order valence-electron chi connectivity index (χ4n) is 1.84. The smallest absolute Gasteiger partial charge is 0.265 e. The van der Waals surface area contributed by atoms with Crippen LogP contribution in [0.3, 0.4) is 0 Å². The lowest BCUT2D eigenvalue weighted by atomic mass is 10.1. The van der Waals surface area contributed by atoms with E-state index in [0.29, 0.717) is 23.4 Å². The maximum atomic E-state index is 12.1. The zero-order chi connectivity index (χ0) is 13.8. The van der Waals surface area contributed by atoms with Crippen molar-refractivity contribution in [3.8, 4) is 0 Å². The zero-order valence-corrected chi connectivity index (χ0v) is 11.2. The van der Waals surface area contributed by atoms with Crippen molar-refractivity contribution in [2.45, 2.75) is 38.6 Å². The lowest BCUT2D eigenvalue weighted by Gasteiger charge is -2.21. The molecular weight excluding hydrogens is 268 g/mol. The molecule has 7 nitrogen and oxygen atoms in total. The van der Waals surface area contributed by atoms with Crippen molar-refractivity contribution in [3.63, 3.8) is 0 Å². The van der Waals surface area contributed by atoms with E-state index in [2.05, 4.69) is 20.2 Å². The molecule has 1 atom stereocenters. The van der Waals surface area contributed by atoms with Gasteiger partial charge in [-0.25, -0.2) is 0 Å². The second-order valence-corrected chi connectivity index (χ2v) is 5.03. The van der Waals surface area contributed by atoms with Gasteiger partial charge >= 0.3 is 0 Å². The van der Waals surface area contributed by atoms with Crippen LogP contribution in [0.25, 0.3) is 0 Å². The highest BCUT2D eigenvalue weighted by molar-refractivity contribution is 7.08. The largest absolute Gasteiger partial charge is 0.339 e. The Morgan fingerprint density at radius 3 is 3.00 bits per heavy atom. The Balaban J connectivity index is 2.02. The van der Waals surface area contributed by atoms with E-state index in [1.807, 2.05) is 6.92 Å². The number of amides is 3. The average molecular weight is 282 g/mol. The van der Waals surface area contributed by atoms with Crippen molar-refractivity contribution in [1.29, 1.82) is 0 Å². The number of nitrogens with one attached hydrogen (secondary N) is 2. The van der Waals surface area contributed by atoms with Gasteiger partial charge in [-0.05, 0) is 24.4 Å². The maximum Gasteiger partial charge on any atom is 0.265 e. The molecule has 19 heavy (non-hydrogen) atoms. The van der Waals surface area contributed by atoms with Crippen LogP contribution in [0.2, 0.25) is 0 Å². The predicted molar refractivity (Wildman–Crippen MR) is 67.5 cm³/mol. The summed E-state index contributed by atoms with van der Waals surface area (Å²) in [6, 6.07) is -0.665. The van der Waals surface area contributed by atoms with Crippen LogP contribution in [-0.4, -0.2) is 33.4 Å². The number of imide groups is 1. The summed E-state index contributed by atoms with van der Waals surface area (Å²) in [5.74, 6) is -1.12. The quantitative estimate of drug-likeness (QED) is 0.758. The van der Waals surface area contributed by atoms with E-state index in [0.717, 1.165) is 18.0 Å². The number of aryl methyl sites for hydroxylation is 1. The summed E-state index contributed by atoms with van der Waals surface area (Å²) in [4.78, 5) is 35.0. The fourth-order valence-corrected chi connectivity index (χ4v) is 2.45. The molecule has 0 bridgehead atoms. The molecule has 1 aliphatic rings. The van der Waals surface area contributed by atoms with Crippen LogP contribution in [0.1, 0.15) is 41.6 Å². The van der Waals surface area contributed by atoms with Gasteiger partial charge in [0.25, 0.3) is 5.91 Å². The average Bonchev–Trinajstić information content (AvgIpc) is 2.81. The molecule has 1 aromatic rings. The molecule has 1 aliphatic heterocycles. The third-order valence-electron chi connectivity index (χ3n) is 2.79. The van der Waals surface area contributed by atoms with Crippen LogP contribution in [0.15, 0.2) is 0 Å². The van der Waals surface area contributed by atoms with Crippen LogP contribution in [-0.2, 0) is 16.0 Å². The first-order valence-corrected chi connectivity index (χ1v) is 6.85. The van der Waals surface area contributed by atoms with Crippen molar-refractivity contribution >= 4 is 29.3 Å². The second kappa shape index (κ2) is 5.87. The maximum absolute atomic E-state index is 12.1. The van der Waals surface area contributed by atoms with E-state index in [1.54, 1.807) is 0 Å². The molecule has 2 heterocycles. The number of hydrogen-bond acceptors (Lipinski definition) is 6. The first-order valence-electron chi connectivity index (χ1n) is 6.07. The van der Waals surface area contributed by atoms with Gasteiger partial charge in [-0.3, -0.25) is 19.7 Å². The van der Waals surface area contributed by atoms with Crippen molar-refractivity contribution < 1.29 is 14.4 Å². The molecule has 0 radical (unpaired) electrons. The molecule has 102 valence electrons. The van der Waals surface area contributed by atoms with E-state index in [4.69, 9.17) is 0 Å². The summed E-state index contributed by atoms with van der Waals surface area (Å²) in [7, 11) is 0. The Kier molecular flexibility index (Phi) is 4.20. The van der Waals surface area contributed by atoms with Crippen molar-refractivity contribution in [3.05, 3.63) is 10.6 Å². The molecule has 3 amide bonds. The van der Waals surface area contributed by atoms with E-state index >= 15 is 0 Å². The van der Waals surface area contributed by atoms with Crippen LogP contribution in [0.4, 0.5) is 0 Å². The molecule has 0 spiro atoms. The standard InChI is InChI=1S/C11H14N4O3S/c1-2-3-6-9(19-15-14-6)11(18)12-7-4-5-8(16)13-10(7)17/h7H,2-5H2,1H3,(H,12,18)(H,13,16,17). The van der Waals surface area contributed by atoms with E-state index in [9.17, 15) is 14.4 Å². The van der Waals surface area contributed by atoms with E-state index in [1.165, 1.54) is 0 Å². The molecule has 2 rings (SSSR count). The first-order chi connectivity index (χ1) is 9.11. The number of carbonyl (C=O) groups is 3. The van der Waals surface area contributed by atoms with E-state index < -0.39 is 11.9 Å². The Morgan fingerprint density at radius 1 is 1.53 bits per heavy atom. The Hall–Kier alpha value is -1.83. The van der Waals surface area contributed by atoms with Gasteiger partial charge in [-0.2, -0.15) is 0 Å². The molecule has 0 aromatic carbocycles. The second-order valence-electron chi connectivity index (χ2n) is 4.28. The van der Waals surface area contributed by atoms with Crippen molar-refractivity contribution in [1.82, 2.24) is 20.2 Å². The van der Waals surface area contributed by atoms with Crippen LogP contribution in [0, 0.1) is 0 Å². The lowest BCUT2D eigenvalue weighted by Crippen LogP contribution is -2.52. The Morgan fingerprint density at radius 2 is 2.32 bits per heavy atom. The summed E-state index contributed by atoms with van der Waals surface area (Å²) >= 11 is 1.02. The van der Waals surface area contributed by atoms with Crippen LogP contribution >= 0.6 is 11.5 Å². The minimum absolute atomic E-state index is 0.236. The molecule has 0 saturated carbocycles. The number of aromatic nitrogens is 2. The highest BCUT2D eigenvalue weighted by Gasteiger charge is 2.29. The molecule has 1 fully saturated rings. The lowest BCUT2D eigenvalue weighted by molar-refractivity contribution is -0.134. The van der Waals surface area contributed by atoms with Crippen molar-refractivity contribution in [2.24, 2.45) is 0 Å². The molecule has 8 heteroatoms. The zero-order valence-electron chi connectivity index (χ0n) is 10.4. The minimum Gasteiger partial charge on any atom is -0.339 e. The molecule has 1 aromatic heterocycles. The minimum atomic E-state index is -0.665. The van der Waals surface area contributed by atoms with Gasteiger partial charge in [0.2, 0.25) is 11.8 Å². The third-order valence-corrected chi connectivity index (χ3v) is 3.56. The molecule has 0 aliphatic carbocycles. The van der Waals surface area contributed by atoms with Crippen LogP contribution in [0.5, 0.6) is 0 Å². The summed E-state index contributed by atoms with van der Waals surface area (Å²) in [6.45, 7) is 1.99. The van der Waals surface area contributed by atoms with Gasteiger partial charge in [-0.15, -0.1) is 5.10 Å². The monoisotopic (exact) mass is 282 g/mol. The predicted octanol–water partition coefficient (Wildman–Crippen LogP) is 0.0256. The fraction of sp³-hybridized carbons (Fsp3) is 0.545. The number of carbonyl (C=O) groups excluding carboxylic acids is 3. The van der Waals surface area contributed by atoms with Gasteiger partial charge in [0, 0.05) is 6.42 Å². The number of nitrogens with zero attached hydrogens (tertiary/aromatic N) is 2. The molecular formula is C11H14N4O3S.